The molecule has 0 aliphatic rings. The maximum atomic E-state index is 12.6. The van der Waals surface area contributed by atoms with Gasteiger partial charge >= 0.3 is 0 Å². The van der Waals surface area contributed by atoms with Gasteiger partial charge in [-0.05, 0) is 48.0 Å². The van der Waals surface area contributed by atoms with Gasteiger partial charge in [0.15, 0.2) is 4.80 Å². The molecule has 4 aromatic rings. The lowest BCUT2D eigenvalue weighted by atomic mass is 10.1. The van der Waals surface area contributed by atoms with Gasteiger partial charge in [-0.15, -0.1) is 11.3 Å². The molecule has 1 N–H and O–H groups in total. The van der Waals surface area contributed by atoms with Gasteiger partial charge in [-0.1, -0.05) is 41.4 Å². The Morgan fingerprint density at radius 3 is 2.73 bits per heavy atom. The second-order valence-corrected chi connectivity index (χ2v) is 8.78. The number of hydrogen-bond acceptors (Lipinski definition) is 4. The van der Waals surface area contributed by atoms with Crippen molar-refractivity contribution in [3.05, 3.63) is 116 Å². The molecule has 33 heavy (non-hydrogen) atoms. The molecule has 2 heterocycles. The Hall–Kier alpha value is -3.26. The first-order valence-corrected chi connectivity index (χ1v) is 11.6. The fraction of sp³-hybridized carbons (Fsp3) is 0.0833. The van der Waals surface area contributed by atoms with E-state index in [0.29, 0.717) is 28.5 Å². The third-order valence-electron chi connectivity index (χ3n) is 4.72. The maximum absolute atomic E-state index is 12.6. The first-order valence-electron chi connectivity index (χ1n) is 9.95. The normalized spacial score (nSPS) is 11.4. The SMILES string of the molecule is O=C(NCc1ccccn1)c1cccc(Cn2ccsc2=NC(=O)c2ccc(Cl)cc2Cl)c1. The van der Waals surface area contributed by atoms with Crippen molar-refractivity contribution < 1.29 is 9.59 Å². The van der Waals surface area contributed by atoms with Crippen molar-refractivity contribution in [2.75, 3.05) is 0 Å². The van der Waals surface area contributed by atoms with E-state index in [-0.39, 0.29) is 16.5 Å². The lowest BCUT2D eigenvalue weighted by molar-refractivity contribution is 0.0949. The predicted octanol–water partition coefficient (Wildman–Crippen LogP) is 4.97. The van der Waals surface area contributed by atoms with Crippen LogP contribution in [0, 0.1) is 0 Å². The topological polar surface area (TPSA) is 76.3 Å². The van der Waals surface area contributed by atoms with E-state index in [2.05, 4.69) is 15.3 Å². The number of aromatic nitrogens is 2. The fourth-order valence-electron chi connectivity index (χ4n) is 3.10. The summed E-state index contributed by atoms with van der Waals surface area (Å²) in [4.78, 5) is 34.1. The molecule has 9 heteroatoms. The molecular weight excluding hydrogens is 479 g/mol. The van der Waals surface area contributed by atoms with Crippen molar-refractivity contribution in [3.8, 4) is 0 Å². The highest BCUT2D eigenvalue weighted by molar-refractivity contribution is 7.07. The van der Waals surface area contributed by atoms with Gasteiger partial charge in [-0.2, -0.15) is 4.99 Å². The van der Waals surface area contributed by atoms with Crippen LogP contribution in [0.15, 0.2) is 83.4 Å². The van der Waals surface area contributed by atoms with E-state index < -0.39 is 5.91 Å². The minimum atomic E-state index is -0.449. The van der Waals surface area contributed by atoms with Gasteiger partial charge in [0.25, 0.3) is 11.8 Å². The highest BCUT2D eigenvalue weighted by Gasteiger charge is 2.11. The Bertz CT molecular complexity index is 1370. The number of hydrogen-bond donors (Lipinski definition) is 1. The van der Waals surface area contributed by atoms with E-state index in [1.807, 2.05) is 52.5 Å². The summed E-state index contributed by atoms with van der Waals surface area (Å²) in [6, 6.07) is 17.6. The number of carbonyl (C=O) groups excluding carboxylic acids is 2. The van der Waals surface area contributed by atoms with Gasteiger partial charge in [-0.3, -0.25) is 14.6 Å². The molecule has 2 amide bonds. The van der Waals surface area contributed by atoms with E-state index in [0.717, 1.165) is 11.3 Å². The van der Waals surface area contributed by atoms with Crippen LogP contribution < -0.4 is 10.1 Å². The lowest BCUT2D eigenvalue weighted by Crippen LogP contribution is -2.23. The number of carbonyl (C=O) groups is 2. The largest absolute Gasteiger partial charge is 0.346 e. The van der Waals surface area contributed by atoms with Crippen molar-refractivity contribution >= 4 is 46.4 Å². The van der Waals surface area contributed by atoms with Gasteiger partial charge in [0.1, 0.15) is 0 Å². The molecule has 0 atom stereocenters. The molecule has 0 aliphatic carbocycles. The van der Waals surface area contributed by atoms with Crippen molar-refractivity contribution in [2.24, 2.45) is 4.99 Å². The summed E-state index contributed by atoms with van der Waals surface area (Å²) in [5.41, 5.74) is 2.51. The summed E-state index contributed by atoms with van der Waals surface area (Å²) < 4.78 is 1.84. The number of amides is 2. The third-order valence-corrected chi connectivity index (χ3v) is 6.06. The minimum absolute atomic E-state index is 0.185. The summed E-state index contributed by atoms with van der Waals surface area (Å²) >= 11 is 13.4. The zero-order valence-corrected chi connectivity index (χ0v) is 19.6. The molecule has 6 nitrogen and oxygen atoms in total. The molecule has 0 saturated carbocycles. The average Bonchev–Trinajstić information content (AvgIpc) is 3.24. The van der Waals surface area contributed by atoms with E-state index in [9.17, 15) is 9.59 Å². The van der Waals surface area contributed by atoms with Crippen LogP contribution in [0.5, 0.6) is 0 Å². The number of halogens is 2. The van der Waals surface area contributed by atoms with E-state index in [1.54, 1.807) is 24.4 Å². The molecular formula is C24H18Cl2N4O2S. The summed E-state index contributed by atoms with van der Waals surface area (Å²) in [6.45, 7) is 0.799. The molecule has 2 aromatic carbocycles. The van der Waals surface area contributed by atoms with Crippen LogP contribution in [0.3, 0.4) is 0 Å². The van der Waals surface area contributed by atoms with Gasteiger partial charge in [-0.25, -0.2) is 0 Å². The molecule has 0 aliphatic heterocycles. The molecule has 0 bridgehead atoms. The number of nitrogens with zero attached hydrogens (tertiary/aromatic N) is 3. The van der Waals surface area contributed by atoms with E-state index >= 15 is 0 Å². The Kier molecular flexibility index (Phi) is 7.34. The van der Waals surface area contributed by atoms with Crippen molar-refractivity contribution in [3.63, 3.8) is 0 Å². The summed E-state index contributed by atoms with van der Waals surface area (Å²) in [5, 5.41) is 5.43. The monoisotopic (exact) mass is 496 g/mol. The summed E-state index contributed by atoms with van der Waals surface area (Å²) in [5.74, 6) is -0.634. The first-order chi connectivity index (χ1) is 16.0. The summed E-state index contributed by atoms with van der Waals surface area (Å²) in [7, 11) is 0. The maximum Gasteiger partial charge on any atom is 0.281 e. The molecule has 0 fully saturated rings. The zero-order chi connectivity index (χ0) is 23.2. The van der Waals surface area contributed by atoms with Gasteiger partial charge in [0, 0.05) is 34.9 Å². The molecule has 4 rings (SSSR count). The third kappa shape index (κ3) is 5.96. The van der Waals surface area contributed by atoms with Gasteiger partial charge < -0.3 is 9.88 Å². The molecule has 2 aromatic heterocycles. The number of rotatable bonds is 6. The Balaban J connectivity index is 1.49. The van der Waals surface area contributed by atoms with E-state index in [4.69, 9.17) is 23.2 Å². The molecule has 0 saturated heterocycles. The van der Waals surface area contributed by atoms with Crippen molar-refractivity contribution in [2.45, 2.75) is 13.1 Å². The second-order valence-electron chi connectivity index (χ2n) is 7.06. The molecule has 0 radical (unpaired) electrons. The molecule has 0 unspecified atom stereocenters. The summed E-state index contributed by atoms with van der Waals surface area (Å²) in [6.07, 6.45) is 3.53. The smallest absolute Gasteiger partial charge is 0.281 e. The van der Waals surface area contributed by atoms with Crippen LogP contribution in [0.2, 0.25) is 10.0 Å². The standard InChI is InChI=1S/C24H18Cl2N4O2S/c25-18-7-8-20(21(26)13-18)23(32)29-24-30(10-11-33-24)15-16-4-3-5-17(12-16)22(31)28-14-19-6-1-2-9-27-19/h1-13H,14-15H2,(H,28,31). The minimum Gasteiger partial charge on any atom is -0.346 e. The van der Waals surface area contributed by atoms with Crippen LogP contribution in [-0.4, -0.2) is 21.4 Å². The van der Waals surface area contributed by atoms with Gasteiger partial charge in [0.05, 0.1) is 22.8 Å². The Morgan fingerprint density at radius 1 is 1.06 bits per heavy atom. The quantitative estimate of drug-likeness (QED) is 0.409. The zero-order valence-electron chi connectivity index (χ0n) is 17.2. The second kappa shape index (κ2) is 10.6. The van der Waals surface area contributed by atoms with Gasteiger partial charge in [0.2, 0.25) is 0 Å². The van der Waals surface area contributed by atoms with Crippen molar-refractivity contribution in [1.82, 2.24) is 14.9 Å². The van der Waals surface area contributed by atoms with Crippen molar-refractivity contribution in [1.29, 1.82) is 0 Å². The molecule has 166 valence electrons. The Morgan fingerprint density at radius 2 is 1.94 bits per heavy atom. The lowest BCUT2D eigenvalue weighted by Gasteiger charge is -2.08. The number of benzene rings is 2. The number of thiazole rings is 1. The highest BCUT2D eigenvalue weighted by atomic mass is 35.5. The predicted molar refractivity (Wildman–Crippen MR) is 130 cm³/mol. The Labute approximate surface area is 204 Å². The van der Waals surface area contributed by atoms with Crippen LogP contribution in [-0.2, 0) is 13.1 Å². The van der Waals surface area contributed by atoms with Crippen LogP contribution >= 0.6 is 34.5 Å². The number of nitrogens with one attached hydrogen (secondary N) is 1. The fourth-order valence-corrected chi connectivity index (χ4v) is 4.32. The average molecular weight is 497 g/mol. The molecule has 0 spiro atoms. The van der Waals surface area contributed by atoms with E-state index in [1.165, 1.54) is 17.4 Å². The first kappa shape index (κ1) is 22.9. The van der Waals surface area contributed by atoms with Crippen LogP contribution in [0.1, 0.15) is 32.0 Å². The highest BCUT2D eigenvalue weighted by Crippen LogP contribution is 2.21. The number of pyridine rings is 1. The van der Waals surface area contributed by atoms with Crippen LogP contribution in [0.25, 0.3) is 0 Å². The van der Waals surface area contributed by atoms with Crippen LogP contribution in [0.4, 0.5) is 0 Å².